The first-order valence-electron chi connectivity index (χ1n) is 7.39. The molecule has 3 N–H and O–H groups in total. The minimum absolute atomic E-state index is 0.144. The molecule has 3 unspecified atom stereocenters. The lowest BCUT2D eigenvalue weighted by Gasteiger charge is -2.37. The first kappa shape index (κ1) is 14.5. The highest BCUT2D eigenvalue weighted by molar-refractivity contribution is 5.30. The van der Waals surface area contributed by atoms with Crippen LogP contribution in [-0.4, -0.2) is 0 Å². The van der Waals surface area contributed by atoms with Crippen LogP contribution in [0.15, 0.2) is 18.2 Å². The van der Waals surface area contributed by atoms with Gasteiger partial charge in [0, 0.05) is 6.04 Å². The maximum atomic E-state index is 13.2. The van der Waals surface area contributed by atoms with Gasteiger partial charge in [-0.25, -0.2) is 4.39 Å². The molecule has 0 heterocycles. The Hall–Kier alpha value is -0.930. The average molecular weight is 264 g/mol. The first-order valence-corrected chi connectivity index (χ1v) is 7.39. The van der Waals surface area contributed by atoms with Crippen molar-refractivity contribution in [1.82, 2.24) is 5.43 Å². The van der Waals surface area contributed by atoms with E-state index in [-0.39, 0.29) is 11.9 Å². The molecule has 0 saturated heterocycles. The molecule has 3 atom stereocenters. The summed E-state index contributed by atoms with van der Waals surface area (Å²) in [7, 11) is 0. The smallest absolute Gasteiger partial charge is 0.123 e. The van der Waals surface area contributed by atoms with Gasteiger partial charge in [-0.15, -0.1) is 0 Å². The number of benzene rings is 1. The van der Waals surface area contributed by atoms with Crippen molar-refractivity contribution in [3.05, 3.63) is 35.1 Å². The highest BCUT2D eigenvalue weighted by Crippen LogP contribution is 2.40. The van der Waals surface area contributed by atoms with Gasteiger partial charge >= 0.3 is 0 Å². The fraction of sp³-hybridized carbons (Fsp3) is 0.625. The summed E-state index contributed by atoms with van der Waals surface area (Å²) < 4.78 is 13.2. The molecule has 1 aromatic carbocycles. The number of hydrogen-bond acceptors (Lipinski definition) is 2. The number of rotatable bonds is 4. The molecule has 106 valence electrons. The number of halogens is 1. The third-order valence-corrected chi connectivity index (χ3v) is 4.67. The molecule has 1 aliphatic carbocycles. The van der Waals surface area contributed by atoms with Gasteiger partial charge in [0.05, 0.1) is 0 Å². The van der Waals surface area contributed by atoms with Crippen molar-refractivity contribution in [2.75, 3.05) is 0 Å². The average Bonchev–Trinajstić information content (AvgIpc) is 2.42. The topological polar surface area (TPSA) is 38.0 Å². The molecule has 0 bridgehead atoms. The number of hydrogen-bond donors (Lipinski definition) is 2. The molecule has 1 aromatic rings. The van der Waals surface area contributed by atoms with E-state index in [1.807, 2.05) is 13.0 Å². The molecule has 1 aliphatic rings. The van der Waals surface area contributed by atoms with Crippen LogP contribution in [0.4, 0.5) is 4.39 Å². The fourth-order valence-corrected chi connectivity index (χ4v) is 3.61. The monoisotopic (exact) mass is 264 g/mol. The lowest BCUT2D eigenvalue weighted by molar-refractivity contribution is 0.175. The Labute approximate surface area is 115 Å². The van der Waals surface area contributed by atoms with Gasteiger partial charge < -0.3 is 0 Å². The second-order valence-corrected chi connectivity index (χ2v) is 5.76. The molecule has 3 heteroatoms. The Morgan fingerprint density at radius 3 is 2.74 bits per heavy atom. The predicted molar refractivity (Wildman–Crippen MR) is 76.9 cm³/mol. The Morgan fingerprint density at radius 2 is 2.11 bits per heavy atom. The zero-order chi connectivity index (χ0) is 13.8. The third kappa shape index (κ3) is 3.15. The predicted octanol–water partition coefficient (Wildman–Crippen LogP) is 3.85. The van der Waals surface area contributed by atoms with Crippen LogP contribution in [0, 0.1) is 24.6 Å². The van der Waals surface area contributed by atoms with Crippen LogP contribution in [0.1, 0.15) is 56.2 Å². The van der Waals surface area contributed by atoms with Crippen molar-refractivity contribution in [1.29, 1.82) is 0 Å². The van der Waals surface area contributed by atoms with Gasteiger partial charge in [-0.1, -0.05) is 38.7 Å². The summed E-state index contributed by atoms with van der Waals surface area (Å²) in [4.78, 5) is 0. The van der Waals surface area contributed by atoms with Crippen molar-refractivity contribution in [2.24, 2.45) is 17.7 Å². The van der Waals surface area contributed by atoms with Crippen molar-refractivity contribution in [3.63, 3.8) is 0 Å². The van der Waals surface area contributed by atoms with Crippen molar-refractivity contribution < 1.29 is 4.39 Å². The van der Waals surface area contributed by atoms with Crippen LogP contribution in [-0.2, 0) is 0 Å². The van der Waals surface area contributed by atoms with Crippen molar-refractivity contribution in [2.45, 2.75) is 52.0 Å². The molecule has 2 rings (SSSR count). The van der Waals surface area contributed by atoms with Gasteiger partial charge in [0.1, 0.15) is 5.82 Å². The second-order valence-electron chi connectivity index (χ2n) is 5.76. The molecular weight excluding hydrogens is 239 g/mol. The SMILES string of the molecule is CCC1CCCCC1C(NN)c1ccc(F)cc1C. The van der Waals surface area contributed by atoms with Crippen LogP contribution in [0.3, 0.4) is 0 Å². The molecule has 2 nitrogen and oxygen atoms in total. The van der Waals surface area contributed by atoms with Crippen LogP contribution in [0.25, 0.3) is 0 Å². The number of nitrogens with two attached hydrogens (primary N) is 1. The van der Waals surface area contributed by atoms with Gasteiger partial charge in [-0.3, -0.25) is 11.3 Å². The molecule has 1 saturated carbocycles. The maximum Gasteiger partial charge on any atom is 0.123 e. The van der Waals surface area contributed by atoms with E-state index in [1.54, 1.807) is 6.07 Å². The summed E-state index contributed by atoms with van der Waals surface area (Å²) in [6.07, 6.45) is 6.31. The summed E-state index contributed by atoms with van der Waals surface area (Å²) in [5.41, 5.74) is 5.13. The molecule has 0 aromatic heterocycles. The molecule has 19 heavy (non-hydrogen) atoms. The van der Waals surface area contributed by atoms with E-state index in [4.69, 9.17) is 5.84 Å². The Morgan fingerprint density at radius 1 is 1.37 bits per heavy atom. The first-order chi connectivity index (χ1) is 9.17. The quantitative estimate of drug-likeness (QED) is 0.640. The van der Waals surface area contributed by atoms with E-state index in [9.17, 15) is 4.39 Å². The molecular formula is C16H25FN2. The van der Waals surface area contributed by atoms with Crippen LogP contribution < -0.4 is 11.3 Å². The van der Waals surface area contributed by atoms with E-state index in [0.717, 1.165) is 17.0 Å². The van der Waals surface area contributed by atoms with Crippen molar-refractivity contribution in [3.8, 4) is 0 Å². The fourth-order valence-electron chi connectivity index (χ4n) is 3.61. The number of nitrogens with one attached hydrogen (secondary N) is 1. The van der Waals surface area contributed by atoms with Gasteiger partial charge in [-0.2, -0.15) is 0 Å². The van der Waals surface area contributed by atoms with E-state index in [2.05, 4.69) is 12.3 Å². The zero-order valence-corrected chi connectivity index (χ0v) is 12.0. The number of aryl methyl sites for hydroxylation is 1. The summed E-state index contributed by atoms with van der Waals surface area (Å²) in [6, 6.07) is 5.17. The molecule has 0 amide bonds. The van der Waals surface area contributed by atoms with E-state index < -0.39 is 0 Å². The van der Waals surface area contributed by atoms with Crippen LogP contribution >= 0.6 is 0 Å². The molecule has 0 aliphatic heterocycles. The van der Waals surface area contributed by atoms with E-state index in [1.165, 1.54) is 38.2 Å². The van der Waals surface area contributed by atoms with Gasteiger partial charge in [0.25, 0.3) is 0 Å². The summed E-state index contributed by atoms with van der Waals surface area (Å²) in [5, 5.41) is 0. The lowest BCUT2D eigenvalue weighted by atomic mass is 9.72. The van der Waals surface area contributed by atoms with E-state index >= 15 is 0 Å². The second kappa shape index (κ2) is 6.49. The summed E-state index contributed by atoms with van der Waals surface area (Å²) in [5.74, 6) is 6.93. The lowest BCUT2D eigenvalue weighted by Crippen LogP contribution is -2.38. The summed E-state index contributed by atoms with van der Waals surface area (Å²) >= 11 is 0. The summed E-state index contributed by atoms with van der Waals surface area (Å²) in [6.45, 7) is 4.22. The van der Waals surface area contributed by atoms with Crippen LogP contribution in [0.2, 0.25) is 0 Å². The zero-order valence-electron chi connectivity index (χ0n) is 12.0. The van der Waals surface area contributed by atoms with Gasteiger partial charge in [0.2, 0.25) is 0 Å². The van der Waals surface area contributed by atoms with E-state index in [0.29, 0.717) is 5.92 Å². The Bertz CT molecular complexity index is 419. The van der Waals surface area contributed by atoms with Gasteiger partial charge in [0.15, 0.2) is 0 Å². The largest absolute Gasteiger partial charge is 0.271 e. The van der Waals surface area contributed by atoms with Gasteiger partial charge in [-0.05, 0) is 48.4 Å². The maximum absolute atomic E-state index is 13.2. The van der Waals surface area contributed by atoms with Crippen molar-refractivity contribution >= 4 is 0 Å². The highest BCUT2D eigenvalue weighted by Gasteiger charge is 2.31. The number of hydrazine groups is 1. The molecule has 1 fully saturated rings. The third-order valence-electron chi connectivity index (χ3n) is 4.67. The Balaban J connectivity index is 2.27. The van der Waals surface area contributed by atoms with Crippen LogP contribution in [0.5, 0.6) is 0 Å². The normalized spacial score (nSPS) is 25.3. The molecule has 0 radical (unpaired) electrons. The molecule has 0 spiro atoms. The highest BCUT2D eigenvalue weighted by atomic mass is 19.1. The Kier molecular flexibility index (Phi) is 4.94. The minimum atomic E-state index is -0.173. The standard InChI is InChI=1S/C16H25FN2/c1-3-12-6-4-5-7-15(12)16(19-18)14-9-8-13(17)10-11(14)2/h8-10,12,15-16,19H,3-7,18H2,1-2H3. The minimum Gasteiger partial charge on any atom is -0.271 e.